The van der Waals surface area contributed by atoms with Crippen molar-refractivity contribution in [2.75, 3.05) is 0 Å². The zero-order chi connectivity index (χ0) is 23.3. The predicted molar refractivity (Wildman–Crippen MR) is 167 cm³/mol. The molecule has 0 amide bonds. The summed E-state index contributed by atoms with van der Waals surface area (Å²) >= 11 is 0. The van der Waals surface area contributed by atoms with Gasteiger partial charge in [-0.15, -0.1) is 0 Å². The summed E-state index contributed by atoms with van der Waals surface area (Å²) in [6.45, 7) is 37.7. The minimum atomic E-state index is -0.950. The van der Waals surface area contributed by atoms with Gasteiger partial charge in [-0.25, -0.2) is 0 Å². The molecule has 3 atom stereocenters. The van der Waals surface area contributed by atoms with Gasteiger partial charge in [0, 0.05) is 67.5 Å². The molecule has 8 heteroatoms. The third-order valence-corrected chi connectivity index (χ3v) is 57.8. The van der Waals surface area contributed by atoms with Gasteiger partial charge in [-0.1, -0.05) is 131 Å². The van der Waals surface area contributed by atoms with Crippen LogP contribution in [0.25, 0.3) is 0 Å². The molecule has 0 aromatic carbocycles. The van der Waals surface area contributed by atoms with E-state index in [1.54, 1.807) is 39.7 Å². The topological polar surface area (TPSA) is 0 Å². The first-order valence-corrected chi connectivity index (χ1v) is 38.2. The highest BCUT2D eigenvalue weighted by Gasteiger charge is 2.34. The van der Waals surface area contributed by atoms with Crippen LogP contribution in [-0.2, 0) is 0 Å². The molecule has 0 heterocycles. The third kappa shape index (κ3) is 16.9. The molecule has 176 valence electrons. The van der Waals surface area contributed by atoms with Crippen molar-refractivity contribution in [2.45, 2.75) is 131 Å². The fourth-order valence-corrected chi connectivity index (χ4v) is 74.4. The van der Waals surface area contributed by atoms with Crippen LogP contribution in [0.2, 0.25) is 131 Å². The van der Waals surface area contributed by atoms with Gasteiger partial charge in [0.2, 0.25) is 0 Å². The number of rotatable bonds is 14. The fourth-order valence-electron chi connectivity index (χ4n) is 7.33. The molecule has 0 aliphatic rings. The second kappa shape index (κ2) is 12.3. The second-order valence-corrected chi connectivity index (χ2v) is 54.1. The Kier molecular flexibility index (Phi) is 13.0. The molecule has 0 aromatic heterocycles. The van der Waals surface area contributed by atoms with Crippen molar-refractivity contribution in [1.29, 1.82) is 0 Å². The Bertz CT molecular complexity index is 468. The first-order chi connectivity index (χ1) is 12.7. The SMILES string of the molecule is C[SiH](C)C[Si](C)(C)C[SiH](C)C[Si](C)(C)C[SiH](C)C[Si](C)(C)C[SiH](C)C[Si](C)(C)C. The molecule has 0 nitrogen and oxygen atoms in total. The van der Waals surface area contributed by atoms with Crippen molar-refractivity contribution in [3.05, 3.63) is 0 Å². The molecule has 0 spiro atoms. The fraction of sp³-hybridized carbons (Fsp3) is 1.00. The van der Waals surface area contributed by atoms with E-state index in [-0.39, 0.29) is 8.80 Å². The summed E-state index contributed by atoms with van der Waals surface area (Å²) in [5, 5.41) is 0. The first kappa shape index (κ1) is 30.7. The summed E-state index contributed by atoms with van der Waals surface area (Å²) in [5.74, 6) is 0. The third-order valence-electron chi connectivity index (χ3n) is 6.43. The number of hydrogen-bond acceptors (Lipinski definition) is 0. The summed E-state index contributed by atoms with van der Waals surface area (Å²) in [6, 6.07) is 0. The minimum Gasteiger partial charge on any atom is -0.0724 e. The molecule has 0 N–H and O–H groups in total. The van der Waals surface area contributed by atoms with Gasteiger partial charge in [0.05, 0.1) is 0 Å². The van der Waals surface area contributed by atoms with E-state index in [2.05, 4.69) is 91.7 Å². The van der Waals surface area contributed by atoms with Crippen LogP contribution in [0.1, 0.15) is 0 Å². The van der Waals surface area contributed by atoms with Crippen molar-refractivity contribution in [3.63, 3.8) is 0 Å². The Balaban J connectivity index is 4.66. The summed E-state index contributed by atoms with van der Waals surface area (Å²) in [4.78, 5) is 0. The minimum absolute atomic E-state index is 0.369. The van der Waals surface area contributed by atoms with Crippen LogP contribution in [0.15, 0.2) is 0 Å². The van der Waals surface area contributed by atoms with E-state index >= 15 is 0 Å². The van der Waals surface area contributed by atoms with Crippen LogP contribution in [0.3, 0.4) is 0 Å². The Morgan fingerprint density at radius 3 is 0.862 bits per heavy atom. The lowest BCUT2D eigenvalue weighted by atomic mass is 11.7. The van der Waals surface area contributed by atoms with Crippen molar-refractivity contribution in [1.82, 2.24) is 0 Å². The average Bonchev–Trinajstić information content (AvgIpc) is 2.27. The van der Waals surface area contributed by atoms with Gasteiger partial charge in [0.1, 0.15) is 0 Å². The largest absolute Gasteiger partial charge is 0.0724 e. The normalized spacial score (nSPS) is 17.5. The van der Waals surface area contributed by atoms with Gasteiger partial charge >= 0.3 is 0 Å². The zero-order valence-corrected chi connectivity index (χ0v) is 31.9. The van der Waals surface area contributed by atoms with Crippen molar-refractivity contribution < 1.29 is 0 Å². The molecule has 0 aliphatic heterocycles. The van der Waals surface area contributed by atoms with Gasteiger partial charge in [0.15, 0.2) is 0 Å². The molecule has 0 rings (SSSR count). The van der Waals surface area contributed by atoms with E-state index in [0.29, 0.717) is 0 Å². The molecule has 29 heavy (non-hydrogen) atoms. The summed E-state index contributed by atoms with van der Waals surface area (Å²) < 4.78 is 0. The first-order valence-electron chi connectivity index (χ1n) is 12.7. The molecular weight excluding hydrogens is 477 g/mol. The molecule has 0 fully saturated rings. The van der Waals surface area contributed by atoms with Crippen LogP contribution in [-0.4, -0.2) is 67.5 Å². The van der Waals surface area contributed by atoms with E-state index in [0.717, 1.165) is 0 Å². The summed E-state index contributed by atoms with van der Waals surface area (Å²) in [7, 11) is -5.40. The predicted octanol–water partition coefficient (Wildman–Crippen LogP) is 7.28. The highest BCUT2D eigenvalue weighted by atomic mass is 28.4. The van der Waals surface area contributed by atoms with Gasteiger partial charge in [0.25, 0.3) is 0 Å². The lowest BCUT2D eigenvalue weighted by Crippen LogP contribution is -2.43. The maximum Gasteiger partial charge on any atom is 0.0416 e. The standard InChI is InChI=1S/C21H60Si8/c1-22(2)15-27(9,10)18-24(4)19-29(13,14)21-25(5)20-28(11,12)17-23(3)16-26(6,7)8/h22-25H,15-21H2,1-14H3. The van der Waals surface area contributed by atoms with Gasteiger partial charge in [-0.05, 0) is 0 Å². The molecule has 0 aliphatic carbocycles. The monoisotopic (exact) mass is 536 g/mol. The van der Waals surface area contributed by atoms with Gasteiger partial charge in [-0.2, -0.15) is 0 Å². The van der Waals surface area contributed by atoms with E-state index < -0.39 is 58.7 Å². The average molecular weight is 537 g/mol. The van der Waals surface area contributed by atoms with Gasteiger partial charge < -0.3 is 0 Å². The molecule has 0 aromatic rings. The van der Waals surface area contributed by atoms with Crippen LogP contribution in [0.5, 0.6) is 0 Å². The van der Waals surface area contributed by atoms with Crippen LogP contribution in [0, 0.1) is 0 Å². The quantitative estimate of drug-likeness (QED) is 0.204. The highest BCUT2D eigenvalue weighted by molar-refractivity contribution is 7.03. The molecule has 3 unspecified atom stereocenters. The molecule has 0 saturated heterocycles. The Morgan fingerprint density at radius 1 is 0.379 bits per heavy atom. The van der Waals surface area contributed by atoms with Crippen LogP contribution in [0.4, 0.5) is 0 Å². The van der Waals surface area contributed by atoms with E-state index in [1.165, 1.54) is 0 Å². The second-order valence-electron chi connectivity index (χ2n) is 15.2. The number of hydrogen-bond donors (Lipinski definition) is 0. The maximum atomic E-state index is 2.78. The molecule has 0 bridgehead atoms. The summed E-state index contributed by atoms with van der Waals surface area (Å²) in [6.07, 6.45) is 0. The van der Waals surface area contributed by atoms with Crippen molar-refractivity contribution in [3.8, 4) is 0 Å². The Hall–Kier alpha value is 1.74. The van der Waals surface area contributed by atoms with Crippen molar-refractivity contribution >= 4 is 67.5 Å². The lowest BCUT2D eigenvalue weighted by Gasteiger charge is -2.35. The zero-order valence-electron chi connectivity index (χ0n) is 23.3. The molecule has 0 saturated carbocycles. The smallest absolute Gasteiger partial charge is 0.0416 e. The van der Waals surface area contributed by atoms with Crippen molar-refractivity contribution in [2.24, 2.45) is 0 Å². The van der Waals surface area contributed by atoms with E-state index in [4.69, 9.17) is 0 Å². The van der Waals surface area contributed by atoms with Crippen LogP contribution >= 0.6 is 0 Å². The Morgan fingerprint density at radius 2 is 0.621 bits per heavy atom. The van der Waals surface area contributed by atoms with Crippen LogP contribution < -0.4 is 0 Å². The van der Waals surface area contributed by atoms with Gasteiger partial charge in [-0.3, -0.25) is 0 Å². The van der Waals surface area contributed by atoms with E-state index in [1.807, 2.05) is 0 Å². The maximum absolute atomic E-state index is 2.78. The Labute approximate surface area is 197 Å². The molecule has 0 radical (unpaired) electrons. The highest BCUT2D eigenvalue weighted by Crippen LogP contribution is 2.29. The molecular formula is C21H60Si8. The lowest BCUT2D eigenvalue weighted by molar-refractivity contribution is 1.44. The summed E-state index contributed by atoms with van der Waals surface area (Å²) in [5.41, 5.74) is 12.1. The van der Waals surface area contributed by atoms with E-state index in [9.17, 15) is 0 Å².